The number of aromatic nitrogens is 2. The van der Waals surface area contributed by atoms with E-state index in [1.54, 1.807) is 19.1 Å². The number of pyridine rings is 1. The highest BCUT2D eigenvalue weighted by Crippen LogP contribution is 2.22. The van der Waals surface area contributed by atoms with Gasteiger partial charge in [-0.25, -0.2) is 14.8 Å². The molecule has 1 N–H and O–H groups in total. The zero-order valence-electron chi connectivity index (χ0n) is 11.5. The Morgan fingerprint density at radius 2 is 2.19 bits per heavy atom. The molecule has 0 unspecified atom stereocenters. The van der Waals surface area contributed by atoms with Crippen molar-refractivity contribution >= 4 is 28.2 Å². The van der Waals surface area contributed by atoms with Crippen LogP contribution in [-0.4, -0.2) is 35.6 Å². The Bertz CT molecular complexity index is 656. The molecule has 8 heteroatoms. The molecular formula is C13H13N3O4S. The molecule has 0 aliphatic carbocycles. The van der Waals surface area contributed by atoms with Crippen LogP contribution in [0.2, 0.25) is 0 Å². The largest absolute Gasteiger partial charge is 0.494 e. The van der Waals surface area contributed by atoms with Gasteiger partial charge in [0.2, 0.25) is 5.01 Å². The van der Waals surface area contributed by atoms with E-state index >= 15 is 0 Å². The Kier molecular flexibility index (Phi) is 4.83. The van der Waals surface area contributed by atoms with Crippen molar-refractivity contribution in [2.24, 2.45) is 0 Å². The first-order valence-electron chi connectivity index (χ1n) is 6.09. The molecule has 110 valence electrons. The highest BCUT2D eigenvalue weighted by atomic mass is 32.1. The predicted molar refractivity (Wildman–Crippen MR) is 76.8 cm³/mol. The lowest BCUT2D eigenvalue weighted by Crippen LogP contribution is -2.14. The smallest absolute Gasteiger partial charge is 0.367 e. The monoisotopic (exact) mass is 307 g/mol. The van der Waals surface area contributed by atoms with Gasteiger partial charge in [0, 0.05) is 6.20 Å². The SMILES string of the molecule is CCOC(=O)c1ncc(NC(=O)c2ncccc2OC)s1. The minimum Gasteiger partial charge on any atom is -0.494 e. The fourth-order valence-corrected chi connectivity index (χ4v) is 2.22. The second-order valence-electron chi connectivity index (χ2n) is 3.76. The van der Waals surface area contributed by atoms with E-state index in [0.29, 0.717) is 10.8 Å². The number of hydrogen-bond donors (Lipinski definition) is 1. The highest BCUT2D eigenvalue weighted by Gasteiger charge is 2.17. The average Bonchev–Trinajstić information content (AvgIpc) is 2.96. The van der Waals surface area contributed by atoms with Gasteiger partial charge in [-0.15, -0.1) is 0 Å². The van der Waals surface area contributed by atoms with Crippen molar-refractivity contribution < 1.29 is 19.1 Å². The normalized spacial score (nSPS) is 10.0. The van der Waals surface area contributed by atoms with Gasteiger partial charge < -0.3 is 14.8 Å². The number of nitrogens with zero attached hydrogens (tertiary/aromatic N) is 2. The van der Waals surface area contributed by atoms with Crippen LogP contribution >= 0.6 is 11.3 Å². The number of rotatable bonds is 5. The summed E-state index contributed by atoms with van der Waals surface area (Å²) in [5, 5.41) is 3.22. The summed E-state index contributed by atoms with van der Waals surface area (Å²) in [5.74, 6) is -0.588. The minimum atomic E-state index is -0.515. The molecular weight excluding hydrogens is 294 g/mol. The Hall–Kier alpha value is -2.48. The molecule has 0 aromatic carbocycles. The van der Waals surface area contributed by atoms with E-state index in [1.807, 2.05) is 0 Å². The lowest BCUT2D eigenvalue weighted by atomic mass is 10.3. The number of amides is 1. The fraction of sp³-hybridized carbons (Fsp3) is 0.231. The molecule has 21 heavy (non-hydrogen) atoms. The third kappa shape index (κ3) is 3.54. The molecule has 7 nitrogen and oxygen atoms in total. The molecule has 2 rings (SSSR count). The van der Waals surface area contributed by atoms with Crippen LogP contribution in [0.4, 0.5) is 5.00 Å². The van der Waals surface area contributed by atoms with Crippen molar-refractivity contribution in [3.8, 4) is 5.75 Å². The number of anilines is 1. The number of hydrogen-bond acceptors (Lipinski definition) is 7. The molecule has 0 spiro atoms. The standard InChI is InChI=1S/C13H13N3O4S/c1-3-20-13(18)12-15-7-9(21-12)16-11(17)10-8(19-2)5-4-6-14-10/h4-7H,3H2,1-2H3,(H,16,17). The molecule has 0 saturated carbocycles. The molecule has 0 bridgehead atoms. The van der Waals surface area contributed by atoms with Crippen molar-refractivity contribution in [3.05, 3.63) is 35.2 Å². The van der Waals surface area contributed by atoms with Crippen molar-refractivity contribution in [3.63, 3.8) is 0 Å². The fourth-order valence-electron chi connectivity index (χ4n) is 1.52. The Balaban J connectivity index is 2.11. The third-order valence-corrected chi connectivity index (χ3v) is 3.29. The van der Waals surface area contributed by atoms with Crippen LogP contribution in [-0.2, 0) is 4.74 Å². The van der Waals surface area contributed by atoms with Crippen LogP contribution in [0, 0.1) is 0 Å². The van der Waals surface area contributed by atoms with E-state index in [1.165, 1.54) is 19.5 Å². The number of thiazole rings is 1. The van der Waals surface area contributed by atoms with Crippen LogP contribution < -0.4 is 10.1 Å². The summed E-state index contributed by atoms with van der Waals surface area (Å²) in [5.41, 5.74) is 0.158. The average molecular weight is 307 g/mol. The summed E-state index contributed by atoms with van der Waals surface area (Å²) in [6.07, 6.45) is 2.89. The van der Waals surface area contributed by atoms with Crippen molar-refractivity contribution in [1.82, 2.24) is 9.97 Å². The number of methoxy groups -OCH3 is 1. The van der Waals surface area contributed by atoms with Gasteiger partial charge >= 0.3 is 5.97 Å². The molecule has 2 aromatic heterocycles. The molecule has 0 saturated heterocycles. The van der Waals surface area contributed by atoms with Crippen LogP contribution in [0.25, 0.3) is 0 Å². The number of ether oxygens (including phenoxy) is 2. The van der Waals surface area contributed by atoms with Gasteiger partial charge in [-0.2, -0.15) is 0 Å². The quantitative estimate of drug-likeness (QED) is 0.849. The van der Waals surface area contributed by atoms with Crippen LogP contribution in [0.5, 0.6) is 5.75 Å². The molecule has 2 heterocycles. The van der Waals surface area contributed by atoms with E-state index < -0.39 is 11.9 Å². The summed E-state index contributed by atoms with van der Waals surface area (Å²) in [6, 6.07) is 3.31. The Labute approximate surface area is 124 Å². The summed E-state index contributed by atoms with van der Waals surface area (Å²) in [6.45, 7) is 1.98. The summed E-state index contributed by atoms with van der Waals surface area (Å²) in [4.78, 5) is 31.5. The van der Waals surface area contributed by atoms with Crippen molar-refractivity contribution in [1.29, 1.82) is 0 Å². The van der Waals surface area contributed by atoms with Crippen LogP contribution in [0.1, 0.15) is 27.2 Å². The van der Waals surface area contributed by atoms with Crippen LogP contribution in [0.15, 0.2) is 24.5 Å². The van der Waals surface area contributed by atoms with Gasteiger partial charge in [0.15, 0.2) is 5.69 Å². The van der Waals surface area contributed by atoms with Crippen molar-refractivity contribution in [2.75, 3.05) is 19.0 Å². The van der Waals surface area contributed by atoms with Gasteiger partial charge in [0.1, 0.15) is 10.8 Å². The first kappa shape index (κ1) is 14.9. The molecule has 0 radical (unpaired) electrons. The van der Waals surface area contributed by atoms with E-state index in [9.17, 15) is 9.59 Å². The molecule has 0 atom stereocenters. The van der Waals surface area contributed by atoms with Crippen LogP contribution in [0.3, 0.4) is 0 Å². The topological polar surface area (TPSA) is 90.4 Å². The molecule has 0 aliphatic rings. The van der Waals surface area contributed by atoms with Gasteiger partial charge in [-0.05, 0) is 19.1 Å². The second kappa shape index (κ2) is 6.80. The van der Waals surface area contributed by atoms with Gasteiger partial charge in [-0.1, -0.05) is 11.3 Å². The zero-order valence-corrected chi connectivity index (χ0v) is 12.3. The Morgan fingerprint density at radius 3 is 2.90 bits per heavy atom. The maximum Gasteiger partial charge on any atom is 0.367 e. The minimum absolute atomic E-state index is 0.158. The summed E-state index contributed by atoms with van der Waals surface area (Å²) < 4.78 is 9.90. The summed E-state index contributed by atoms with van der Waals surface area (Å²) in [7, 11) is 1.46. The lowest BCUT2D eigenvalue weighted by Gasteiger charge is -2.06. The predicted octanol–water partition coefficient (Wildman–Crippen LogP) is 1.98. The van der Waals surface area contributed by atoms with Gasteiger partial charge in [-0.3, -0.25) is 4.79 Å². The molecule has 0 fully saturated rings. The maximum absolute atomic E-state index is 12.1. The molecule has 1 amide bonds. The lowest BCUT2D eigenvalue weighted by molar-refractivity contribution is 0.0526. The molecule has 2 aromatic rings. The second-order valence-corrected chi connectivity index (χ2v) is 4.79. The maximum atomic E-state index is 12.1. The van der Waals surface area contributed by atoms with E-state index in [4.69, 9.17) is 9.47 Å². The van der Waals surface area contributed by atoms with E-state index in [-0.39, 0.29) is 17.3 Å². The van der Waals surface area contributed by atoms with E-state index in [0.717, 1.165) is 11.3 Å². The number of nitrogens with one attached hydrogen (secondary N) is 1. The van der Waals surface area contributed by atoms with Gasteiger partial charge in [0.25, 0.3) is 5.91 Å². The highest BCUT2D eigenvalue weighted by molar-refractivity contribution is 7.17. The molecule has 0 aliphatic heterocycles. The number of esters is 1. The summed E-state index contributed by atoms with van der Waals surface area (Å²) >= 11 is 1.03. The Morgan fingerprint density at radius 1 is 1.38 bits per heavy atom. The number of carbonyl (C=O) groups is 2. The zero-order chi connectivity index (χ0) is 15.2. The first-order valence-corrected chi connectivity index (χ1v) is 6.90. The number of carbonyl (C=O) groups excluding carboxylic acids is 2. The van der Waals surface area contributed by atoms with Gasteiger partial charge in [0.05, 0.1) is 19.9 Å². The van der Waals surface area contributed by atoms with Crippen molar-refractivity contribution in [2.45, 2.75) is 6.92 Å². The third-order valence-electron chi connectivity index (χ3n) is 2.40. The first-order chi connectivity index (χ1) is 10.2. The van der Waals surface area contributed by atoms with E-state index in [2.05, 4.69) is 15.3 Å².